The first-order valence-electron chi connectivity index (χ1n) is 8.80. The summed E-state index contributed by atoms with van der Waals surface area (Å²) in [4.78, 5) is 0. The molecule has 0 aromatic heterocycles. The minimum absolute atomic E-state index is 0.687. The van der Waals surface area contributed by atoms with Crippen molar-refractivity contribution >= 4 is 8.69 Å². The minimum Gasteiger partial charge on any atom is -0.332 e. The molecule has 0 spiro atoms. The maximum absolute atomic E-state index is 9.97. The molecule has 20 heavy (non-hydrogen) atoms. The lowest BCUT2D eigenvalue weighted by Crippen LogP contribution is -1.85. The van der Waals surface area contributed by atoms with E-state index in [4.69, 9.17) is 4.52 Å². The number of rotatable bonds is 11. The third kappa shape index (κ3) is 42.9. The monoisotopic (exact) mass is 308 g/mol. The zero-order chi connectivity index (χ0) is 15.9. The van der Waals surface area contributed by atoms with Crippen LogP contribution < -0.4 is 0 Å². The highest BCUT2D eigenvalue weighted by Gasteiger charge is 1.89. The molecule has 0 amide bonds. The summed E-state index contributed by atoms with van der Waals surface area (Å²) in [7, 11) is -0.982. The summed E-state index contributed by atoms with van der Waals surface area (Å²) < 4.78 is 14.8. The second-order valence-electron chi connectivity index (χ2n) is 5.09. The molecule has 0 bridgehead atoms. The SMILES string of the molecule is CCCC.CCCC.CCCCCCCCCO[PH2]=O. The molecule has 0 aromatic carbocycles. The molecule has 0 radical (unpaired) electrons. The molecule has 0 aliphatic rings. The molecular formula is C17H41O2P. The number of unbranched alkanes of at least 4 members (excludes halogenated alkanes) is 8. The van der Waals surface area contributed by atoms with Crippen molar-refractivity contribution in [1.29, 1.82) is 0 Å². The summed E-state index contributed by atoms with van der Waals surface area (Å²) in [6.07, 6.45) is 14.3. The molecule has 0 heterocycles. The van der Waals surface area contributed by atoms with Gasteiger partial charge in [-0.25, -0.2) is 0 Å². The smallest absolute Gasteiger partial charge is 0.179 e. The van der Waals surface area contributed by atoms with Crippen LogP contribution in [0, 0.1) is 0 Å². The van der Waals surface area contributed by atoms with Gasteiger partial charge in [0, 0.05) is 0 Å². The lowest BCUT2D eigenvalue weighted by atomic mass is 10.1. The molecule has 1 atom stereocenters. The average molecular weight is 308 g/mol. The van der Waals surface area contributed by atoms with Crippen LogP contribution in [0.15, 0.2) is 0 Å². The van der Waals surface area contributed by atoms with Crippen LogP contribution in [0.1, 0.15) is 105 Å². The Kier molecular flexibility index (Phi) is 39.7. The Morgan fingerprint density at radius 2 is 1.00 bits per heavy atom. The van der Waals surface area contributed by atoms with E-state index in [0.29, 0.717) is 6.61 Å². The first-order chi connectivity index (χ1) is 9.74. The molecule has 2 nitrogen and oxygen atoms in total. The summed E-state index contributed by atoms with van der Waals surface area (Å²) >= 11 is 0. The lowest BCUT2D eigenvalue weighted by Gasteiger charge is -1.99. The van der Waals surface area contributed by atoms with Gasteiger partial charge in [0.05, 0.1) is 6.61 Å². The average Bonchev–Trinajstić information content (AvgIpc) is 2.50. The molecule has 0 aliphatic carbocycles. The summed E-state index contributed by atoms with van der Waals surface area (Å²) in [6.45, 7) is 11.6. The van der Waals surface area contributed by atoms with E-state index in [2.05, 4.69) is 34.6 Å². The van der Waals surface area contributed by atoms with E-state index < -0.39 is 8.69 Å². The number of hydrogen-bond donors (Lipinski definition) is 0. The van der Waals surface area contributed by atoms with Crippen LogP contribution in [0.5, 0.6) is 0 Å². The Hall–Kier alpha value is 0.190. The van der Waals surface area contributed by atoms with Gasteiger partial charge in [-0.1, -0.05) is 98.8 Å². The Balaban J connectivity index is -0.000000297. The third-order valence-electron chi connectivity index (χ3n) is 2.93. The Morgan fingerprint density at radius 3 is 1.35 bits per heavy atom. The first-order valence-corrected chi connectivity index (χ1v) is 9.74. The van der Waals surface area contributed by atoms with Crippen molar-refractivity contribution in [3.63, 3.8) is 0 Å². The minimum atomic E-state index is -0.982. The van der Waals surface area contributed by atoms with Crippen LogP contribution in [0.4, 0.5) is 0 Å². The fraction of sp³-hybridized carbons (Fsp3) is 1.00. The lowest BCUT2D eigenvalue weighted by molar-refractivity contribution is 0.328. The summed E-state index contributed by atoms with van der Waals surface area (Å²) in [6, 6.07) is 0. The van der Waals surface area contributed by atoms with Crippen LogP contribution in [0.25, 0.3) is 0 Å². The zero-order valence-electron chi connectivity index (χ0n) is 14.9. The quantitative estimate of drug-likeness (QED) is 0.302. The van der Waals surface area contributed by atoms with Gasteiger partial charge in [-0.05, 0) is 6.42 Å². The van der Waals surface area contributed by atoms with Crippen molar-refractivity contribution in [3.05, 3.63) is 0 Å². The summed E-state index contributed by atoms with van der Waals surface area (Å²) in [5.74, 6) is 0. The Morgan fingerprint density at radius 1 is 0.600 bits per heavy atom. The van der Waals surface area contributed by atoms with Gasteiger partial charge in [0.1, 0.15) is 0 Å². The molecule has 0 fully saturated rings. The van der Waals surface area contributed by atoms with Gasteiger partial charge < -0.3 is 4.52 Å². The molecule has 0 N–H and O–H groups in total. The maximum atomic E-state index is 9.97. The van der Waals surface area contributed by atoms with Gasteiger partial charge in [-0.15, -0.1) is 0 Å². The molecule has 0 aromatic rings. The van der Waals surface area contributed by atoms with Crippen molar-refractivity contribution in [3.8, 4) is 0 Å². The molecule has 0 saturated heterocycles. The van der Waals surface area contributed by atoms with Crippen LogP contribution in [0.2, 0.25) is 0 Å². The van der Waals surface area contributed by atoms with E-state index in [1.807, 2.05) is 0 Å². The molecule has 3 heteroatoms. The molecule has 0 rings (SSSR count). The largest absolute Gasteiger partial charge is 0.332 e. The second-order valence-corrected chi connectivity index (χ2v) is 5.61. The highest BCUT2D eigenvalue weighted by atomic mass is 31.1. The van der Waals surface area contributed by atoms with Crippen molar-refractivity contribution < 1.29 is 9.09 Å². The predicted molar refractivity (Wildman–Crippen MR) is 95.5 cm³/mol. The molecular weight excluding hydrogens is 267 g/mol. The van der Waals surface area contributed by atoms with Crippen molar-refractivity contribution in [2.75, 3.05) is 6.61 Å². The van der Waals surface area contributed by atoms with Gasteiger partial charge in [0.25, 0.3) is 0 Å². The second kappa shape index (κ2) is 31.5. The summed E-state index contributed by atoms with van der Waals surface area (Å²) in [5.41, 5.74) is 0. The van der Waals surface area contributed by atoms with Crippen LogP contribution in [-0.4, -0.2) is 6.61 Å². The van der Waals surface area contributed by atoms with Crippen molar-refractivity contribution in [2.24, 2.45) is 0 Å². The van der Waals surface area contributed by atoms with E-state index in [1.165, 1.54) is 64.2 Å². The van der Waals surface area contributed by atoms with Crippen LogP contribution in [0.3, 0.4) is 0 Å². The van der Waals surface area contributed by atoms with Gasteiger partial charge in [0.2, 0.25) is 0 Å². The molecule has 126 valence electrons. The van der Waals surface area contributed by atoms with E-state index in [1.54, 1.807) is 0 Å². The maximum Gasteiger partial charge on any atom is 0.179 e. The standard InChI is InChI=1S/C9H21O2P.2C4H10/c1-2-3-4-5-6-7-8-9-11-12-10;2*1-3-4-2/h2-9,12H2,1H3;2*3-4H2,1-2H3. The van der Waals surface area contributed by atoms with Gasteiger partial charge >= 0.3 is 0 Å². The zero-order valence-corrected chi connectivity index (χ0v) is 16.0. The normalized spacial score (nSPS) is 9.85. The highest BCUT2D eigenvalue weighted by Crippen LogP contribution is 2.07. The number of hydrogen-bond acceptors (Lipinski definition) is 2. The van der Waals surface area contributed by atoms with E-state index >= 15 is 0 Å². The summed E-state index contributed by atoms with van der Waals surface area (Å²) in [5, 5.41) is 0. The van der Waals surface area contributed by atoms with Crippen LogP contribution >= 0.6 is 8.69 Å². The fourth-order valence-corrected chi connectivity index (χ4v) is 1.45. The fourth-order valence-electron chi connectivity index (χ4n) is 1.19. The topological polar surface area (TPSA) is 26.3 Å². The molecule has 0 saturated carbocycles. The Labute approximate surface area is 130 Å². The van der Waals surface area contributed by atoms with Gasteiger partial charge in [-0.3, -0.25) is 4.57 Å². The van der Waals surface area contributed by atoms with Gasteiger partial charge in [-0.2, -0.15) is 0 Å². The van der Waals surface area contributed by atoms with E-state index in [0.717, 1.165) is 6.42 Å². The third-order valence-corrected chi connectivity index (χ3v) is 3.31. The first kappa shape index (κ1) is 25.2. The van der Waals surface area contributed by atoms with E-state index in [9.17, 15) is 4.57 Å². The Bertz CT molecular complexity index is 133. The van der Waals surface area contributed by atoms with E-state index in [-0.39, 0.29) is 0 Å². The van der Waals surface area contributed by atoms with Crippen molar-refractivity contribution in [2.45, 2.75) is 105 Å². The predicted octanol–water partition coefficient (Wildman–Crippen LogP) is 7.04. The molecule has 0 aliphatic heterocycles. The van der Waals surface area contributed by atoms with Crippen LogP contribution in [-0.2, 0) is 9.09 Å². The van der Waals surface area contributed by atoms with Crippen molar-refractivity contribution in [1.82, 2.24) is 0 Å². The molecule has 1 unspecified atom stereocenters. The van der Waals surface area contributed by atoms with Gasteiger partial charge in [0.15, 0.2) is 8.69 Å². The highest BCUT2D eigenvalue weighted by molar-refractivity contribution is 7.17.